The van der Waals surface area contributed by atoms with Crippen molar-refractivity contribution in [2.24, 2.45) is 0 Å². The van der Waals surface area contributed by atoms with Crippen molar-refractivity contribution in [2.45, 2.75) is 51.0 Å². The summed E-state index contributed by atoms with van der Waals surface area (Å²) in [6.07, 6.45) is 7.77. The molecule has 5 nitrogen and oxygen atoms in total. The van der Waals surface area contributed by atoms with Crippen molar-refractivity contribution < 1.29 is 9.90 Å². The normalized spacial score (nSPS) is 25.2. The SMILES string of the molecule is CN1CCN(C(=O)CCCN2CCCCCC2)C[C@@H]1CCO. The molecule has 0 unspecified atom stereocenters. The van der Waals surface area contributed by atoms with Crippen molar-refractivity contribution in [3.05, 3.63) is 0 Å². The van der Waals surface area contributed by atoms with Crippen molar-refractivity contribution in [3.63, 3.8) is 0 Å². The van der Waals surface area contributed by atoms with Crippen LogP contribution >= 0.6 is 0 Å². The number of likely N-dealkylation sites (tertiary alicyclic amines) is 1. The number of amides is 1. The van der Waals surface area contributed by atoms with Gasteiger partial charge in [0.15, 0.2) is 0 Å². The Labute approximate surface area is 135 Å². The zero-order valence-electron chi connectivity index (χ0n) is 14.2. The highest BCUT2D eigenvalue weighted by Gasteiger charge is 2.26. The topological polar surface area (TPSA) is 47.0 Å². The fourth-order valence-corrected chi connectivity index (χ4v) is 3.61. The van der Waals surface area contributed by atoms with Gasteiger partial charge in [0.05, 0.1) is 0 Å². The molecule has 2 rings (SSSR count). The van der Waals surface area contributed by atoms with Crippen LogP contribution in [0.25, 0.3) is 0 Å². The molecule has 1 N–H and O–H groups in total. The van der Waals surface area contributed by atoms with Crippen LogP contribution in [0.2, 0.25) is 0 Å². The van der Waals surface area contributed by atoms with E-state index in [1.165, 1.54) is 38.8 Å². The lowest BCUT2D eigenvalue weighted by Gasteiger charge is -2.39. The molecule has 1 amide bonds. The molecular formula is C17H33N3O2. The molecule has 128 valence electrons. The molecule has 0 aromatic heterocycles. The molecule has 2 saturated heterocycles. The lowest BCUT2D eigenvalue weighted by molar-refractivity contribution is -0.134. The Kier molecular flexibility index (Phi) is 7.63. The fraction of sp³-hybridized carbons (Fsp3) is 0.941. The predicted molar refractivity (Wildman–Crippen MR) is 88.8 cm³/mol. The number of rotatable bonds is 6. The van der Waals surface area contributed by atoms with Gasteiger partial charge in [-0.1, -0.05) is 12.8 Å². The van der Waals surface area contributed by atoms with Gasteiger partial charge in [0.2, 0.25) is 5.91 Å². The molecule has 1 atom stereocenters. The average molecular weight is 311 g/mol. The lowest BCUT2D eigenvalue weighted by atomic mass is 10.1. The average Bonchev–Trinajstić information content (AvgIpc) is 2.78. The summed E-state index contributed by atoms with van der Waals surface area (Å²) in [5.41, 5.74) is 0. The number of piperazine rings is 1. The zero-order chi connectivity index (χ0) is 15.8. The summed E-state index contributed by atoms with van der Waals surface area (Å²) in [6.45, 7) is 6.22. The van der Waals surface area contributed by atoms with Gasteiger partial charge < -0.3 is 14.9 Å². The molecule has 0 bridgehead atoms. The first kappa shape index (κ1) is 17.7. The van der Waals surface area contributed by atoms with Crippen molar-refractivity contribution >= 4 is 5.91 Å². The van der Waals surface area contributed by atoms with Gasteiger partial charge in [-0.25, -0.2) is 0 Å². The first-order valence-corrected chi connectivity index (χ1v) is 9.02. The molecule has 2 aliphatic rings. The van der Waals surface area contributed by atoms with E-state index in [1.807, 2.05) is 4.90 Å². The maximum absolute atomic E-state index is 12.4. The van der Waals surface area contributed by atoms with Crippen molar-refractivity contribution in [1.29, 1.82) is 0 Å². The number of hydrogen-bond donors (Lipinski definition) is 1. The molecule has 0 radical (unpaired) electrons. The number of likely N-dealkylation sites (N-methyl/N-ethyl adjacent to an activating group) is 1. The molecule has 0 aromatic carbocycles. The minimum absolute atomic E-state index is 0.200. The lowest BCUT2D eigenvalue weighted by Crippen LogP contribution is -2.53. The maximum atomic E-state index is 12.4. The van der Waals surface area contributed by atoms with Gasteiger partial charge in [-0.15, -0.1) is 0 Å². The van der Waals surface area contributed by atoms with Crippen LogP contribution in [0.15, 0.2) is 0 Å². The number of hydrogen-bond acceptors (Lipinski definition) is 4. The fourth-order valence-electron chi connectivity index (χ4n) is 3.61. The van der Waals surface area contributed by atoms with Gasteiger partial charge in [0, 0.05) is 38.7 Å². The molecule has 0 spiro atoms. The highest BCUT2D eigenvalue weighted by atomic mass is 16.3. The molecular weight excluding hydrogens is 278 g/mol. The molecule has 0 aromatic rings. The van der Waals surface area contributed by atoms with Crippen LogP contribution in [-0.2, 0) is 4.79 Å². The molecule has 5 heteroatoms. The van der Waals surface area contributed by atoms with Crippen LogP contribution < -0.4 is 0 Å². The van der Waals surface area contributed by atoms with Gasteiger partial charge in [0.25, 0.3) is 0 Å². The molecule has 0 saturated carbocycles. The second kappa shape index (κ2) is 9.48. The number of carbonyl (C=O) groups excluding carboxylic acids is 1. The highest BCUT2D eigenvalue weighted by molar-refractivity contribution is 5.76. The van der Waals surface area contributed by atoms with Crippen LogP contribution in [0.1, 0.15) is 44.9 Å². The van der Waals surface area contributed by atoms with Gasteiger partial charge in [-0.05, 0) is 52.4 Å². The minimum atomic E-state index is 0.200. The van der Waals surface area contributed by atoms with Gasteiger partial charge in [-0.2, -0.15) is 0 Å². The van der Waals surface area contributed by atoms with E-state index in [-0.39, 0.29) is 6.61 Å². The van der Waals surface area contributed by atoms with E-state index < -0.39 is 0 Å². The van der Waals surface area contributed by atoms with Crippen molar-refractivity contribution in [2.75, 3.05) is 52.9 Å². The summed E-state index contributed by atoms with van der Waals surface area (Å²) in [4.78, 5) is 19.2. The van der Waals surface area contributed by atoms with E-state index >= 15 is 0 Å². The molecule has 2 fully saturated rings. The summed E-state index contributed by atoms with van der Waals surface area (Å²) in [5, 5.41) is 9.13. The van der Waals surface area contributed by atoms with Crippen molar-refractivity contribution in [1.82, 2.24) is 14.7 Å². The third-order valence-electron chi connectivity index (χ3n) is 5.16. The van der Waals surface area contributed by atoms with E-state index in [4.69, 9.17) is 5.11 Å². The number of carbonyl (C=O) groups is 1. The molecule has 0 aliphatic carbocycles. The van der Waals surface area contributed by atoms with Gasteiger partial charge in [-0.3, -0.25) is 9.69 Å². The van der Waals surface area contributed by atoms with Crippen LogP contribution in [0.3, 0.4) is 0 Å². The molecule has 22 heavy (non-hydrogen) atoms. The maximum Gasteiger partial charge on any atom is 0.222 e. The van der Waals surface area contributed by atoms with Crippen LogP contribution in [0.4, 0.5) is 0 Å². The van der Waals surface area contributed by atoms with Gasteiger partial charge in [0.1, 0.15) is 0 Å². The summed E-state index contributed by atoms with van der Waals surface area (Å²) in [5.74, 6) is 0.297. The second-order valence-electron chi connectivity index (χ2n) is 6.85. The van der Waals surface area contributed by atoms with Gasteiger partial charge >= 0.3 is 0 Å². The number of aliphatic hydroxyl groups is 1. The van der Waals surface area contributed by atoms with Crippen LogP contribution in [0.5, 0.6) is 0 Å². The van der Waals surface area contributed by atoms with Crippen molar-refractivity contribution in [3.8, 4) is 0 Å². The second-order valence-corrected chi connectivity index (χ2v) is 6.85. The Morgan fingerprint density at radius 1 is 1.09 bits per heavy atom. The first-order chi connectivity index (χ1) is 10.7. The Bertz CT molecular complexity index is 330. The Balaban J connectivity index is 1.68. The summed E-state index contributed by atoms with van der Waals surface area (Å²) < 4.78 is 0. The van der Waals surface area contributed by atoms with Crippen LogP contribution in [0, 0.1) is 0 Å². The number of aliphatic hydroxyl groups excluding tert-OH is 1. The Morgan fingerprint density at radius 2 is 1.82 bits per heavy atom. The van der Waals surface area contributed by atoms with E-state index in [0.29, 0.717) is 18.4 Å². The van der Waals surface area contributed by atoms with Crippen LogP contribution in [-0.4, -0.2) is 84.7 Å². The standard InChI is InChI=1S/C17H33N3O2/c1-18-12-13-20(15-16(18)8-14-21)17(22)7-6-11-19-9-4-2-3-5-10-19/h16,21H,2-15H2,1H3/t16-/m0/s1. The van der Waals surface area contributed by atoms with E-state index in [1.54, 1.807) is 0 Å². The van der Waals surface area contributed by atoms with E-state index in [9.17, 15) is 4.79 Å². The summed E-state index contributed by atoms with van der Waals surface area (Å²) >= 11 is 0. The van der Waals surface area contributed by atoms with E-state index in [0.717, 1.165) is 39.0 Å². The highest BCUT2D eigenvalue weighted by Crippen LogP contribution is 2.14. The third kappa shape index (κ3) is 5.52. The molecule has 2 heterocycles. The summed E-state index contributed by atoms with van der Waals surface area (Å²) in [6, 6.07) is 0.313. The monoisotopic (exact) mass is 311 g/mol. The third-order valence-corrected chi connectivity index (χ3v) is 5.16. The summed E-state index contributed by atoms with van der Waals surface area (Å²) in [7, 11) is 2.08. The Hall–Kier alpha value is -0.650. The predicted octanol–water partition coefficient (Wildman–Crippen LogP) is 1.17. The minimum Gasteiger partial charge on any atom is -0.396 e. The Morgan fingerprint density at radius 3 is 2.50 bits per heavy atom. The zero-order valence-corrected chi connectivity index (χ0v) is 14.2. The van der Waals surface area contributed by atoms with E-state index in [2.05, 4.69) is 16.8 Å². The largest absolute Gasteiger partial charge is 0.396 e. The smallest absolute Gasteiger partial charge is 0.222 e. The quantitative estimate of drug-likeness (QED) is 0.800. The number of nitrogens with zero attached hydrogens (tertiary/aromatic N) is 3. The molecule has 2 aliphatic heterocycles. The first-order valence-electron chi connectivity index (χ1n) is 9.02.